The van der Waals surface area contributed by atoms with Gasteiger partial charge in [-0.15, -0.1) is 0 Å². The SMILES string of the molecule is CCCCCCCCOC(=O)c1cccc(Br)n1. The third-order valence-electron chi connectivity index (χ3n) is 2.66. The number of halogens is 1. The summed E-state index contributed by atoms with van der Waals surface area (Å²) in [5, 5.41) is 0. The number of rotatable bonds is 8. The molecular weight excluding hydrogens is 294 g/mol. The summed E-state index contributed by atoms with van der Waals surface area (Å²) in [7, 11) is 0. The number of unbranched alkanes of at least 4 members (excludes halogenated alkanes) is 5. The van der Waals surface area contributed by atoms with Crippen molar-refractivity contribution in [3.8, 4) is 0 Å². The van der Waals surface area contributed by atoms with E-state index in [2.05, 4.69) is 27.8 Å². The Kier molecular flexibility index (Phi) is 7.65. The fraction of sp³-hybridized carbons (Fsp3) is 0.571. The number of esters is 1. The van der Waals surface area contributed by atoms with Crippen LogP contribution in [0.4, 0.5) is 0 Å². The van der Waals surface area contributed by atoms with Gasteiger partial charge in [-0.2, -0.15) is 0 Å². The van der Waals surface area contributed by atoms with Crippen LogP contribution in [0.5, 0.6) is 0 Å². The van der Waals surface area contributed by atoms with Crippen molar-refractivity contribution in [1.82, 2.24) is 4.98 Å². The quantitative estimate of drug-likeness (QED) is 0.406. The molecule has 1 heterocycles. The molecule has 0 saturated heterocycles. The summed E-state index contributed by atoms with van der Waals surface area (Å²) in [4.78, 5) is 15.7. The number of hydrogen-bond acceptors (Lipinski definition) is 3. The van der Waals surface area contributed by atoms with Crippen LogP contribution in [0.25, 0.3) is 0 Å². The van der Waals surface area contributed by atoms with Crippen LogP contribution in [0.15, 0.2) is 22.8 Å². The van der Waals surface area contributed by atoms with E-state index in [1.54, 1.807) is 18.2 Å². The van der Waals surface area contributed by atoms with E-state index in [9.17, 15) is 4.79 Å². The Morgan fingerprint density at radius 2 is 1.94 bits per heavy atom. The van der Waals surface area contributed by atoms with Crippen LogP contribution in [0.2, 0.25) is 0 Å². The molecule has 1 aromatic heterocycles. The standard InChI is InChI=1S/C14H20BrNO2/c1-2-3-4-5-6-7-11-18-14(17)12-9-8-10-13(15)16-12/h8-10H,2-7,11H2,1H3. The molecule has 0 aliphatic heterocycles. The molecule has 0 bridgehead atoms. The fourth-order valence-electron chi connectivity index (χ4n) is 1.64. The van der Waals surface area contributed by atoms with Crippen LogP contribution in [-0.2, 0) is 4.74 Å². The highest BCUT2D eigenvalue weighted by molar-refractivity contribution is 9.10. The molecule has 0 atom stereocenters. The molecule has 1 rings (SSSR count). The van der Waals surface area contributed by atoms with Crippen molar-refractivity contribution in [2.75, 3.05) is 6.61 Å². The normalized spacial score (nSPS) is 10.3. The van der Waals surface area contributed by atoms with Crippen molar-refractivity contribution in [3.63, 3.8) is 0 Å². The van der Waals surface area contributed by atoms with Crippen LogP contribution < -0.4 is 0 Å². The van der Waals surface area contributed by atoms with Crippen molar-refractivity contribution in [2.45, 2.75) is 45.4 Å². The van der Waals surface area contributed by atoms with E-state index in [1.165, 1.54) is 25.7 Å². The summed E-state index contributed by atoms with van der Waals surface area (Å²) in [5.74, 6) is -0.343. The zero-order valence-electron chi connectivity index (χ0n) is 10.8. The molecule has 0 fully saturated rings. The van der Waals surface area contributed by atoms with E-state index in [0.29, 0.717) is 16.9 Å². The molecule has 1 aromatic rings. The Labute approximate surface area is 117 Å². The average molecular weight is 314 g/mol. The van der Waals surface area contributed by atoms with Crippen molar-refractivity contribution >= 4 is 21.9 Å². The van der Waals surface area contributed by atoms with Gasteiger partial charge in [-0.1, -0.05) is 45.1 Å². The molecule has 0 aromatic carbocycles. The van der Waals surface area contributed by atoms with Gasteiger partial charge in [0.15, 0.2) is 0 Å². The molecule has 3 nitrogen and oxygen atoms in total. The number of hydrogen-bond donors (Lipinski definition) is 0. The van der Waals surface area contributed by atoms with Crippen LogP contribution in [0.1, 0.15) is 55.9 Å². The molecule has 0 aliphatic carbocycles. The highest BCUT2D eigenvalue weighted by Crippen LogP contribution is 2.08. The highest BCUT2D eigenvalue weighted by atomic mass is 79.9. The maximum absolute atomic E-state index is 11.6. The summed E-state index contributed by atoms with van der Waals surface area (Å²) in [6.07, 6.45) is 7.10. The molecule has 0 amide bonds. The van der Waals surface area contributed by atoms with E-state index in [-0.39, 0.29) is 5.97 Å². The van der Waals surface area contributed by atoms with Gasteiger partial charge in [0.1, 0.15) is 10.3 Å². The first-order valence-electron chi connectivity index (χ1n) is 6.53. The topological polar surface area (TPSA) is 39.2 Å². The third kappa shape index (κ3) is 6.15. The van der Waals surface area contributed by atoms with E-state index in [0.717, 1.165) is 12.8 Å². The lowest BCUT2D eigenvalue weighted by molar-refractivity contribution is 0.0490. The first kappa shape index (κ1) is 15.2. The largest absolute Gasteiger partial charge is 0.461 e. The van der Waals surface area contributed by atoms with Crippen molar-refractivity contribution in [2.24, 2.45) is 0 Å². The second-order valence-electron chi connectivity index (χ2n) is 4.25. The van der Waals surface area contributed by atoms with Gasteiger partial charge < -0.3 is 4.74 Å². The Hall–Kier alpha value is -0.900. The molecule has 0 aliphatic rings. The van der Waals surface area contributed by atoms with Gasteiger partial charge in [-0.3, -0.25) is 0 Å². The van der Waals surface area contributed by atoms with Crippen molar-refractivity contribution in [3.05, 3.63) is 28.5 Å². The molecule has 0 radical (unpaired) electrons. The summed E-state index contributed by atoms with van der Waals surface area (Å²) in [6.45, 7) is 2.69. The van der Waals surface area contributed by atoms with Gasteiger partial charge in [0.2, 0.25) is 0 Å². The second-order valence-corrected chi connectivity index (χ2v) is 5.06. The lowest BCUT2D eigenvalue weighted by Gasteiger charge is -2.04. The number of aromatic nitrogens is 1. The predicted octanol–water partition coefficient (Wildman–Crippen LogP) is 4.36. The molecular formula is C14H20BrNO2. The van der Waals surface area contributed by atoms with E-state index in [4.69, 9.17) is 4.74 Å². The van der Waals surface area contributed by atoms with Gasteiger partial charge in [-0.05, 0) is 34.5 Å². The Balaban J connectivity index is 2.14. The average Bonchev–Trinajstić information content (AvgIpc) is 2.37. The minimum absolute atomic E-state index is 0.343. The molecule has 18 heavy (non-hydrogen) atoms. The summed E-state index contributed by atoms with van der Waals surface area (Å²) in [5.41, 5.74) is 0.357. The van der Waals surface area contributed by atoms with Gasteiger partial charge in [0, 0.05) is 0 Å². The molecule has 100 valence electrons. The molecule has 0 unspecified atom stereocenters. The Morgan fingerprint density at radius 3 is 2.67 bits per heavy atom. The predicted molar refractivity (Wildman–Crippen MR) is 75.6 cm³/mol. The van der Waals surface area contributed by atoms with E-state index in [1.807, 2.05) is 0 Å². The number of pyridine rings is 1. The second kappa shape index (κ2) is 9.09. The van der Waals surface area contributed by atoms with Crippen LogP contribution in [0.3, 0.4) is 0 Å². The van der Waals surface area contributed by atoms with Crippen LogP contribution in [-0.4, -0.2) is 17.6 Å². The minimum Gasteiger partial charge on any atom is -0.461 e. The van der Waals surface area contributed by atoms with Crippen molar-refractivity contribution < 1.29 is 9.53 Å². The zero-order chi connectivity index (χ0) is 13.2. The number of carbonyl (C=O) groups is 1. The van der Waals surface area contributed by atoms with E-state index < -0.39 is 0 Å². The smallest absolute Gasteiger partial charge is 0.356 e. The van der Waals surface area contributed by atoms with E-state index >= 15 is 0 Å². The van der Waals surface area contributed by atoms with Gasteiger partial charge >= 0.3 is 5.97 Å². The number of nitrogens with zero attached hydrogens (tertiary/aromatic N) is 1. The van der Waals surface area contributed by atoms with Crippen LogP contribution >= 0.6 is 15.9 Å². The fourth-order valence-corrected chi connectivity index (χ4v) is 1.99. The first-order valence-corrected chi connectivity index (χ1v) is 7.33. The van der Waals surface area contributed by atoms with Gasteiger partial charge in [0.05, 0.1) is 6.61 Å². The first-order chi connectivity index (χ1) is 8.74. The molecule has 4 heteroatoms. The summed E-state index contributed by atoms with van der Waals surface area (Å²) < 4.78 is 5.82. The summed E-state index contributed by atoms with van der Waals surface area (Å²) >= 11 is 3.23. The zero-order valence-corrected chi connectivity index (χ0v) is 12.4. The lowest BCUT2D eigenvalue weighted by atomic mass is 10.1. The monoisotopic (exact) mass is 313 g/mol. The Bertz CT molecular complexity index is 369. The maximum atomic E-state index is 11.6. The van der Waals surface area contributed by atoms with Crippen molar-refractivity contribution in [1.29, 1.82) is 0 Å². The molecule has 0 N–H and O–H groups in total. The number of ether oxygens (including phenoxy) is 1. The molecule has 0 saturated carbocycles. The maximum Gasteiger partial charge on any atom is 0.356 e. The minimum atomic E-state index is -0.343. The highest BCUT2D eigenvalue weighted by Gasteiger charge is 2.08. The third-order valence-corrected chi connectivity index (χ3v) is 3.10. The van der Waals surface area contributed by atoms with Gasteiger partial charge in [-0.25, -0.2) is 9.78 Å². The Morgan fingerprint density at radius 1 is 1.22 bits per heavy atom. The lowest BCUT2D eigenvalue weighted by Crippen LogP contribution is -2.08. The number of carbonyl (C=O) groups excluding carboxylic acids is 1. The summed E-state index contributed by atoms with van der Waals surface area (Å²) in [6, 6.07) is 5.22. The van der Waals surface area contributed by atoms with Gasteiger partial charge in [0.25, 0.3) is 0 Å². The molecule has 0 spiro atoms. The van der Waals surface area contributed by atoms with Crippen LogP contribution in [0, 0.1) is 0 Å².